The SMILES string of the molecule is C1=CC=CC=CC=C1.[CH3][Pt][CH3]. The molecule has 0 nitrogen and oxygen atoms in total. The van der Waals surface area contributed by atoms with Crippen LogP contribution in [0.2, 0.25) is 10.6 Å². The fourth-order valence-corrected chi connectivity index (χ4v) is 0.513. The molecule has 0 aromatic carbocycles. The third-order valence-electron chi connectivity index (χ3n) is 0.889. The predicted molar refractivity (Wildman–Crippen MR) is 48.3 cm³/mol. The maximum absolute atomic E-state index is 2.24. The van der Waals surface area contributed by atoms with E-state index in [2.05, 4.69) is 10.6 Å². The van der Waals surface area contributed by atoms with Gasteiger partial charge in [0.05, 0.1) is 0 Å². The molecule has 0 unspecified atom stereocenters. The van der Waals surface area contributed by atoms with Crippen LogP contribution in [0.1, 0.15) is 0 Å². The summed E-state index contributed by atoms with van der Waals surface area (Å²) < 4.78 is 0. The van der Waals surface area contributed by atoms with E-state index < -0.39 is 0 Å². The normalized spacial score (nSPS) is 13.6. The van der Waals surface area contributed by atoms with Crippen LogP contribution in [0, 0.1) is 0 Å². The molecule has 64 valence electrons. The Labute approximate surface area is 77.9 Å². The Morgan fingerprint density at radius 2 is 0.636 bits per heavy atom. The molecular weight excluding hydrogens is 315 g/mol. The Morgan fingerprint density at radius 3 is 0.727 bits per heavy atom. The van der Waals surface area contributed by atoms with Gasteiger partial charge in [0.2, 0.25) is 0 Å². The summed E-state index contributed by atoms with van der Waals surface area (Å²) in [7, 11) is 0. The van der Waals surface area contributed by atoms with E-state index in [1.54, 1.807) is 0 Å². The summed E-state index contributed by atoms with van der Waals surface area (Å²) in [5, 5.41) is 4.47. The molecule has 11 heavy (non-hydrogen) atoms. The molecule has 0 bridgehead atoms. The summed E-state index contributed by atoms with van der Waals surface area (Å²) in [6.45, 7) is 0. The molecule has 1 aliphatic carbocycles. The number of hydrogen-bond acceptors (Lipinski definition) is 0. The van der Waals surface area contributed by atoms with Gasteiger partial charge in [0.25, 0.3) is 0 Å². The number of allylic oxidation sites excluding steroid dienone is 8. The van der Waals surface area contributed by atoms with Crippen LogP contribution in [0.5, 0.6) is 0 Å². The first-order valence-electron chi connectivity index (χ1n) is 3.30. The summed E-state index contributed by atoms with van der Waals surface area (Å²) in [5.41, 5.74) is 0. The van der Waals surface area contributed by atoms with Crippen LogP contribution in [0.4, 0.5) is 0 Å². The summed E-state index contributed by atoms with van der Waals surface area (Å²) in [4.78, 5) is 0. The molecule has 0 aromatic rings. The van der Waals surface area contributed by atoms with Gasteiger partial charge in [0.1, 0.15) is 0 Å². The maximum atomic E-state index is 2.24. The topological polar surface area (TPSA) is 0 Å². The van der Waals surface area contributed by atoms with Crippen molar-refractivity contribution in [2.75, 3.05) is 0 Å². The van der Waals surface area contributed by atoms with Gasteiger partial charge in [-0.25, -0.2) is 0 Å². The first-order valence-corrected chi connectivity index (χ1v) is 7.84. The third kappa shape index (κ3) is 9.65. The van der Waals surface area contributed by atoms with Crippen molar-refractivity contribution in [3.8, 4) is 0 Å². The molecule has 0 saturated carbocycles. The van der Waals surface area contributed by atoms with Gasteiger partial charge >= 0.3 is 29.2 Å². The molecule has 0 amide bonds. The van der Waals surface area contributed by atoms with Crippen LogP contribution >= 0.6 is 0 Å². The molecule has 0 atom stereocenters. The van der Waals surface area contributed by atoms with Gasteiger partial charge < -0.3 is 0 Å². The molecule has 0 aromatic heterocycles. The second-order valence-corrected chi connectivity index (χ2v) is 4.13. The fourth-order valence-electron chi connectivity index (χ4n) is 0.513. The fraction of sp³-hybridized carbons (Fsp3) is 0.200. The quantitative estimate of drug-likeness (QED) is 0.639. The van der Waals surface area contributed by atoms with Crippen molar-refractivity contribution in [1.82, 2.24) is 0 Å². The monoisotopic (exact) mass is 329 g/mol. The Kier molecular flexibility index (Phi) is 9.34. The van der Waals surface area contributed by atoms with Crippen molar-refractivity contribution in [2.45, 2.75) is 10.6 Å². The summed E-state index contributed by atoms with van der Waals surface area (Å²) in [6, 6.07) is 0. The van der Waals surface area contributed by atoms with E-state index in [9.17, 15) is 0 Å². The molecule has 0 fully saturated rings. The first-order chi connectivity index (χ1) is 5.41. The van der Waals surface area contributed by atoms with Crippen LogP contribution in [0.3, 0.4) is 0 Å². The van der Waals surface area contributed by atoms with Gasteiger partial charge in [-0.2, -0.15) is 0 Å². The van der Waals surface area contributed by atoms with E-state index in [4.69, 9.17) is 0 Å². The zero-order valence-electron chi connectivity index (χ0n) is 6.94. The molecule has 0 N–H and O–H groups in total. The average Bonchev–Trinajstić information content (AvgIpc) is 1.86. The summed E-state index contributed by atoms with van der Waals surface area (Å²) in [6.07, 6.45) is 16.0. The minimum absolute atomic E-state index is 0.583. The van der Waals surface area contributed by atoms with Crippen molar-refractivity contribution in [2.24, 2.45) is 0 Å². The zero-order chi connectivity index (χ0) is 8.36. The molecule has 1 aliphatic rings. The van der Waals surface area contributed by atoms with Crippen molar-refractivity contribution in [3.63, 3.8) is 0 Å². The van der Waals surface area contributed by atoms with Gasteiger partial charge in [-0.05, 0) is 0 Å². The van der Waals surface area contributed by atoms with Crippen molar-refractivity contribution < 1.29 is 18.6 Å². The van der Waals surface area contributed by atoms with Crippen molar-refractivity contribution in [3.05, 3.63) is 48.6 Å². The Morgan fingerprint density at radius 1 is 0.545 bits per heavy atom. The minimum atomic E-state index is 0.583. The zero-order valence-corrected chi connectivity index (χ0v) is 9.21. The standard InChI is InChI=1S/C8H8.2CH3.Pt/c1-2-4-6-8-7-5-3-1;;;/h1-8H;2*1H3;. The van der Waals surface area contributed by atoms with Crippen LogP contribution in [0.15, 0.2) is 48.6 Å². The molecule has 0 aliphatic heterocycles. The molecular formula is C10H14Pt. The number of hydrogen-bond donors (Lipinski definition) is 0. The molecule has 0 spiro atoms. The molecule has 0 heterocycles. The van der Waals surface area contributed by atoms with Gasteiger partial charge in [-0.15, -0.1) is 0 Å². The van der Waals surface area contributed by atoms with Crippen molar-refractivity contribution >= 4 is 0 Å². The van der Waals surface area contributed by atoms with E-state index in [1.807, 2.05) is 48.6 Å². The number of rotatable bonds is 0. The summed E-state index contributed by atoms with van der Waals surface area (Å²) >= 11 is 0.583. The van der Waals surface area contributed by atoms with Gasteiger partial charge in [-0.3, -0.25) is 0 Å². The Hall–Kier alpha value is -0.352. The van der Waals surface area contributed by atoms with Gasteiger partial charge in [0.15, 0.2) is 0 Å². The Balaban J connectivity index is 0.000000292. The Bertz CT molecular complexity index is 117. The molecule has 1 rings (SSSR count). The van der Waals surface area contributed by atoms with E-state index in [0.717, 1.165) is 0 Å². The van der Waals surface area contributed by atoms with Crippen LogP contribution < -0.4 is 0 Å². The van der Waals surface area contributed by atoms with E-state index in [0.29, 0.717) is 18.6 Å². The van der Waals surface area contributed by atoms with E-state index in [1.165, 1.54) is 0 Å². The molecule has 0 radical (unpaired) electrons. The first kappa shape index (κ1) is 10.6. The molecule has 0 saturated heterocycles. The van der Waals surface area contributed by atoms with Gasteiger partial charge in [0, 0.05) is 0 Å². The van der Waals surface area contributed by atoms with E-state index in [-0.39, 0.29) is 0 Å². The third-order valence-corrected chi connectivity index (χ3v) is 0.889. The second kappa shape index (κ2) is 9.65. The van der Waals surface area contributed by atoms with Crippen molar-refractivity contribution in [1.29, 1.82) is 0 Å². The molecule has 1 heteroatoms. The van der Waals surface area contributed by atoms with Crippen LogP contribution in [-0.4, -0.2) is 0 Å². The summed E-state index contributed by atoms with van der Waals surface area (Å²) in [5.74, 6) is 0. The van der Waals surface area contributed by atoms with Crippen LogP contribution in [0.25, 0.3) is 0 Å². The average molecular weight is 329 g/mol. The second-order valence-electron chi connectivity index (χ2n) is 1.86. The van der Waals surface area contributed by atoms with E-state index >= 15 is 0 Å². The van der Waals surface area contributed by atoms with Crippen LogP contribution in [-0.2, 0) is 18.6 Å². The predicted octanol–water partition coefficient (Wildman–Crippen LogP) is 3.39. The van der Waals surface area contributed by atoms with Gasteiger partial charge in [-0.1, -0.05) is 48.6 Å².